The molecule has 0 bridgehead atoms. The van der Waals surface area contributed by atoms with E-state index < -0.39 is 9.84 Å². The first-order chi connectivity index (χ1) is 16.2. The molecule has 1 aliphatic heterocycles. The summed E-state index contributed by atoms with van der Waals surface area (Å²) >= 11 is 0. The molecule has 2 amide bonds. The molecule has 8 heteroatoms. The van der Waals surface area contributed by atoms with E-state index in [1.807, 2.05) is 56.4 Å². The first-order valence-corrected chi connectivity index (χ1v) is 12.7. The lowest BCUT2D eigenvalue weighted by Gasteiger charge is -2.16. The number of carbonyl (C=O) groups excluding carboxylic acids is 1. The van der Waals surface area contributed by atoms with Crippen molar-refractivity contribution in [2.75, 3.05) is 19.5 Å². The number of hydrogen-bond donors (Lipinski definition) is 2. The van der Waals surface area contributed by atoms with Gasteiger partial charge in [0.05, 0.1) is 23.8 Å². The number of ether oxygens (including phenoxy) is 1. The number of nitrogens with one attached hydrogen (secondary N) is 2. The second-order valence-electron chi connectivity index (χ2n) is 8.66. The summed E-state index contributed by atoms with van der Waals surface area (Å²) in [6.45, 7) is 3.60. The van der Waals surface area contributed by atoms with Gasteiger partial charge >= 0.3 is 6.03 Å². The Labute approximate surface area is 200 Å². The molecule has 0 aliphatic carbocycles. The quantitative estimate of drug-likeness (QED) is 0.521. The Hall–Kier alpha value is -3.36. The number of fused-ring (bicyclic) bond motifs is 1. The van der Waals surface area contributed by atoms with Crippen molar-refractivity contribution in [3.8, 4) is 5.75 Å². The van der Waals surface area contributed by atoms with Gasteiger partial charge in [-0.2, -0.15) is 0 Å². The van der Waals surface area contributed by atoms with Crippen LogP contribution < -0.4 is 15.4 Å². The highest BCUT2D eigenvalue weighted by Gasteiger charge is 2.20. The Morgan fingerprint density at radius 3 is 2.50 bits per heavy atom. The maximum Gasteiger partial charge on any atom is 0.319 e. The predicted molar refractivity (Wildman–Crippen MR) is 133 cm³/mol. The van der Waals surface area contributed by atoms with E-state index in [-0.39, 0.29) is 22.7 Å². The molecule has 1 unspecified atom stereocenters. The molecular formula is C26H29N3O4S. The predicted octanol–water partition coefficient (Wildman–Crippen LogP) is 4.50. The van der Waals surface area contributed by atoms with Crippen molar-refractivity contribution in [3.05, 3.63) is 89.0 Å². The minimum atomic E-state index is -3.50. The highest BCUT2D eigenvalue weighted by atomic mass is 32.2. The van der Waals surface area contributed by atoms with Gasteiger partial charge in [-0.1, -0.05) is 30.3 Å². The van der Waals surface area contributed by atoms with Crippen molar-refractivity contribution in [3.63, 3.8) is 0 Å². The van der Waals surface area contributed by atoms with Gasteiger partial charge in [0, 0.05) is 18.8 Å². The Bertz CT molecular complexity index is 1290. The second-order valence-corrected chi connectivity index (χ2v) is 10.6. The summed E-state index contributed by atoms with van der Waals surface area (Å²) in [5.41, 5.74) is 4.63. The summed E-state index contributed by atoms with van der Waals surface area (Å²) in [4.78, 5) is 14.8. The van der Waals surface area contributed by atoms with Gasteiger partial charge in [-0.25, -0.2) is 13.2 Å². The number of nitrogens with zero attached hydrogens (tertiary/aromatic N) is 1. The Kier molecular flexibility index (Phi) is 6.90. The molecule has 3 aromatic carbocycles. The van der Waals surface area contributed by atoms with Crippen LogP contribution in [0.25, 0.3) is 0 Å². The van der Waals surface area contributed by atoms with Crippen LogP contribution in [0.5, 0.6) is 5.75 Å². The van der Waals surface area contributed by atoms with Gasteiger partial charge in [0.1, 0.15) is 5.75 Å². The number of urea groups is 1. The fourth-order valence-corrected chi connectivity index (χ4v) is 5.45. The van der Waals surface area contributed by atoms with Crippen LogP contribution in [-0.4, -0.2) is 33.5 Å². The molecule has 0 aromatic heterocycles. The van der Waals surface area contributed by atoms with Gasteiger partial charge < -0.3 is 15.4 Å². The largest absolute Gasteiger partial charge is 0.497 e. The summed E-state index contributed by atoms with van der Waals surface area (Å²) in [7, 11) is 0.138. The maximum atomic E-state index is 12.9. The lowest BCUT2D eigenvalue weighted by atomic mass is 10.1. The number of carbonyl (C=O) groups is 1. The fraction of sp³-hybridized carbons (Fsp3) is 0.269. The van der Waals surface area contributed by atoms with Crippen molar-refractivity contribution in [1.82, 2.24) is 10.2 Å². The topological polar surface area (TPSA) is 87.7 Å². The summed E-state index contributed by atoms with van der Waals surface area (Å²) in [6, 6.07) is 19.0. The summed E-state index contributed by atoms with van der Waals surface area (Å²) in [5.74, 6) is 0.658. The SMILES string of the molecule is COc1cccc(C(C)NC(=O)Nc2ccc(S(=O)(=O)Cc3ccc4c(c3)CN(C)C4)cc2)c1. The Morgan fingerprint density at radius 2 is 1.76 bits per heavy atom. The van der Waals surface area contributed by atoms with E-state index in [1.54, 1.807) is 19.2 Å². The zero-order valence-corrected chi connectivity index (χ0v) is 20.4. The van der Waals surface area contributed by atoms with E-state index in [1.165, 1.54) is 23.3 Å². The van der Waals surface area contributed by atoms with E-state index in [0.29, 0.717) is 5.69 Å². The molecule has 0 spiro atoms. The van der Waals surface area contributed by atoms with Gasteiger partial charge in [0.15, 0.2) is 9.84 Å². The third-order valence-corrected chi connectivity index (χ3v) is 7.62. The number of methoxy groups -OCH3 is 1. The van der Waals surface area contributed by atoms with E-state index in [2.05, 4.69) is 15.5 Å². The van der Waals surface area contributed by atoms with Gasteiger partial charge in [0.2, 0.25) is 0 Å². The van der Waals surface area contributed by atoms with E-state index >= 15 is 0 Å². The van der Waals surface area contributed by atoms with Gasteiger partial charge in [-0.15, -0.1) is 0 Å². The molecule has 4 rings (SSSR count). The highest BCUT2D eigenvalue weighted by Crippen LogP contribution is 2.25. The van der Waals surface area contributed by atoms with E-state index in [9.17, 15) is 13.2 Å². The van der Waals surface area contributed by atoms with E-state index in [4.69, 9.17) is 4.74 Å². The first-order valence-electron chi connectivity index (χ1n) is 11.1. The number of amides is 2. The molecule has 0 saturated heterocycles. The van der Waals surface area contributed by atoms with Crippen LogP contribution in [0.15, 0.2) is 71.6 Å². The third-order valence-electron chi connectivity index (χ3n) is 5.92. The molecule has 1 atom stereocenters. The molecule has 7 nitrogen and oxygen atoms in total. The lowest BCUT2D eigenvalue weighted by Crippen LogP contribution is -2.31. The maximum absolute atomic E-state index is 12.9. The molecule has 0 saturated carbocycles. The minimum Gasteiger partial charge on any atom is -0.497 e. The number of anilines is 1. The molecule has 34 heavy (non-hydrogen) atoms. The molecule has 178 valence electrons. The highest BCUT2D eigenvalue weighted by molar-refractivity contribution is 7.90. The molecule has 0 fully saturated rings. The monoisotopic (exact) mass is 479 g/mol. The molecule has 1 aliphatic rings. The zero-order valence-electron chi connectivity index (χ0n) is 19.5. The van der Waals surface area contributed by atoms with Crippen molar-refractivity contribution >= 4 is 21.6 Å². The normalized spacial score (nSPS) is 14.3. The van der Waals surface area contributed by atoms with Gasteiger partial charge in [-0.05, 0) is 72.6 Å². The minimum absolute atomic E-state index is 0.0602. The molecule has 2 N–H and O–H groups in total. The zero-order chi connectivity index (χ0) is 24.3. The standard InChI is InChI=1S/C26H29N3O4S/c1-18(20-5-4-6-24(14-20)33-3)27-26(30)28-23-9-11-25(12-10-23)34(31,32)17-19-7-8-21-15-29(2)16-22(21)13-19/h4-14,18H,15-17H2,1-3H3,(H2,27,28,30). The van der Waals surface area contributed by atoms with Crippen molar-refractivity contribution in [2.45, 2.75) is 36.7 Å². The molecular weight excluding hydrogens is 450 g/mol. The summed E-state index contributed by atoms with van der Waals surface area (Å²) in [6.07, 6.45) is 0. The van der Waals surface area contributed by atoms with Crippen molar-refractivity contribution in [1.29, 1.82) is 0 Å². The smallest absolute Gasteiger partial charge is 0.319 e. The van der Waals surface area contributed by atoms with Crippen LogP contribution in [0, 0.1) is 0 Å². The van der Waals surface area contributed by atoms with Crippen LogP contribution in [0.3, 0.4) is 0 Å². The number of benzene rings is 3. The van der Waals surface area contributed by atoms with Gasteiger partial charge in [0.25, 0.3) is 0 Å². The fourth-order valence-electron chi connectivity index (χ4n) is 4.11. The average molecular weight is 480 g/mol. The van der Waals surface area contributed by atoms with Crippen molar-refractivity contribution in [2.24, 2.45) is 0 Å². The van der Waals surface area contributed by atoms with Crippen molar-refractivity contribution < 1.29 is 17.9 Å². The van der Waals surface area contributed by atoms with Gasteiger partial charge in [-0.3, -0.25) is 4.90 Å². The Balaban J connectivity index is 1.37. The summed E-state index contributed by atoms with van der Waals surface area (Å²) in [5, 5.41) is 5.62. The molecule has 0 radical (unpaired) electrons. The van der Waals surface area contributed by atoms with Crippen LogP contribution in [0.2, 0.25) is 0 Å². The molecule has 3 aromatic rings. The first kappa shape index (κ1) is 23.8. The third kappa shape index (κ3) is 5.58. The number of rotatable bonds is 7. The molecule has 1 heterocycles. The second kappa shape index (κ2) is 9.87. The summed E-state index contributed by atoms with van der Waals surface area (Å²) < 4.78 is 31.1. The van der Waals surface area contributed by atoms with E-state index in [0.717, 1.165) is 30.0 Å². The number of hydrogen-bond acceptors (Lipinski definition) is 5. The average Bonchev–Trinajstić information content (AvgIpc) is 3.18. The Morgan fingerprint density at radius 1 is 1.03 bits per heavy atom. The number of sulfone groups is 1. The van der Waals surface area contributed by atoms with Crippen LogP contribution in [0.4, 0.5) is 10.5 Å². The van der Waals surface area contributed by atoms with Crippen LogP contribution in [0.1, 0.15) is 35.2 Å². The van der Waals surface area contributed by atoms with Crippen LogP contribution in [-0.2, 0) is 28.7 Å². The lowest BCUT2D eigenvalue weighted by molar-refractivity contribution is 0.249. The van der Waals surface area contributed by atoms with Crippen LogP contribution >= 0.6 is 0 Å².